The first-order valence-corrected chi connectivity index (χ1v) is 5.03. The highest BCUT2D eigenvalue weighted by molar-refractivity contribution is 5.79. The Morgan fingerprint density at radius 1 is 1.57 bits per heavy atom. The van der Waals surface area contributed by atoms with E-state index in [-0.39, 0.29) is 5.84 Å². The van der Waals surface area contributed by atoms with Gasteiger partial charge < -0.3 is 5.73 Å². The zero-order chi connectivity index (χ0) is 10.6. The molecular weight excluding hydrogens is 176 g/mol. The fourth-order valence-corrected chi connectivity index (χ4v) is 1.55. The van der Waals surface area contributed by atoms with Gasteiger partial charge in [-0.2, -0.15) is 5.10 Å². The quantitative estimate of drug-likeness (QED) is 0.553. The minimum Gasteiger partial charge on any atom is -0.387 e. The molecule has 0 aliphatic carbocycles. The molecule has 0 aliphatic rings. The van der Waals surface area contributed by atoms with Crippen LogP contribution in [0.2, 0.25) is 0 Å². The molecular formula is C10H18N4. The van der Waals surface area contributed by atoms with Gasteiger partial charge in [0.2, 0.25) is 0 Å². The Kier molecular flexibility index (Phi) is 3.68. The molecule has 1 rings (SSSR count). The van der Waals surface area contributed by atoms with E-state index >= 15 is 0 Å². The van der Waals surface area contributed by atoms with Crippen molar-refractivity contribution in [2.24, 2.45) is 5.73 Å². The first-order valence-electron chi connectivity index (χ1n) is 5.03. The third-order valence-corrected chi connectivity index (χ3v) is 2.37. The topological polar surface area (TPSA) is 67.7 Å². The molecule has 3 N–H and O–H groups in total. The van der Waals surface area contributed by atoms with Crippen LogP contribution in [0, 0.1) is 5.41 Å². The second-order valence-electron chi connectivity index (χ2n) is 3.50. The molecule has 0 aliphatic heterocycles. The lowest BCUT2D eigenvalue weighted by atomic mass is 10.2. The molecule has 0 amide bonds. The largest absolute Gasteiger partial charge is 0.387 e. The molecule has 0 unspecified atom stereocenters. The van der Waals surface area contributed by atoms with Gasteiger partial charge in [-0.1, -0.05) is 13.8 Å². The number of aromatic nitrogens is 2. The summed E-state index contributed by atoms with van der Waals surface area (Å²) in [6.45, 7) is 4.31. The monoisotopic (exact) mass is 194 g/mol. The minimum atomic E-state index is 0.189. The van der Waals surface area contributed by atoms with Crippen molar-refractivity contribution in [3.8, 4) is 0 Å². The van der Waals surface area contributed by atoms with E-state index < -0.39 is 0 Å². The van der Waals surface area contributed by atoms with Crippen molar-refractivity contribution in [1.82, 2.24) is 9.78 Å². The molecule has 0 fully saturated rings. The van der Waals surface area contributed by atoms with E-state index in [2.05, 4.69) is 18.9 Å². The normalized spacial score (nSPS) is 10.8. The number of amidine groups is 1. The number of nitrogens with one attached hydrogen (secondary N) is 1. The van der Waals surface area contributed by atoms with Crippen molar-refractivity contribution >= 4 is 5.84 Å². The molecule has 1 aromatic rings. The highest BCUT2D eigenvalue weighted by Crippen LogP contribution is 2.14. The van der Waals surface area contributed by atoms with Gasteiger partial charge in [0.1, 0.15) is 0 Å². The molecule has 0 atom stereocenters. The number of nitrogens with two attached hydrogens (primary N) is 1. The third kappa shape index (κ3) is 2.58. The van der Waals surface area contributed by atoms with Gasteiger partial charge >= 0.3 is 0 Å². The van der Waals surface area contributed by atoms with E-state index in [0.717, 1.165) is 18.4 Å². The van der Waals surface area contributed by atoms with Crippen LogP contribution in [-0.4, -0.2) is 15.6 Å². The average molecular weight is 194 g/mol. The van der Waals surface area contributed by atoms with E-state index in [1.807, 2.05) is 10.9 Å². The Balaban J connectivity index is 2.71. The van der Waals surface area contributed by atoms with Crippen molar-refractivity contribution in [2.45, 2.75) is 39.2 Å². The van der Waals surface area contributed by atoms with Crippen molar-refractivity contribution < 1.29 is 0 Å². The van der Waals surface area contributed by atoms with Crippen LogP contribution in [-0.2, 0) is 6.42 Å². The van der Waals surface area contributed by atoms with Crippen LogP contribution in [0.15, 0.2) is 12.4 Å². The molecule has 0 bridgehead atoms. The summed E-state index contributed by atoms with van der Waals surface area (Å²) in [7, 11) is 0. The first-order chi connectivity index (χ1) is 6.67. The summed E-state index contributed by atoms with van der Waals surface area (Å²) in [4.78, 5) is 0. The Hall–Kier alpha value is -1.32. The van der Waals surface area contributed by atoms with Crippen LogP contribution in [0.1, 0.15) is 38.3 Å². The fourth-order valence-electron chi connectivity index (χ4n) is 1.55. The summed E-state index contributed by atoms with van der Waals surface area (Å²) < 4.78 is 1.97. The number of rotatable bonds is 5. The lowest BCUT2D eigenvalue weighted by Crippen LogP contribution is -2.12. The van der Waals surface area contributed by atoms with Crippen molar-refractivity contribution in [2.75, 3.05) is 0 Å². The predicted octanol–water partition coefficient (Wildman–Crippen LogP) is 1.72. The summed E-state index contributed by atoms with van der Waals surface area (Å²) in [5.41, 5.74) is 6.34. The molecule has 0 saturated carbocycles. The van der Waals surface area contributed by atoms with Crippen molar-refractivity contribution in [3.05, 3.63) is 18.0 Å². The summed E-state index contributed by atoms with van der Waals surface area (Å²) in [6.07, 6.45) is 6.44. The fraction of sp³-hybridized carbons (Fsp3) is 0.600. The second kappa shape index (κ2) is 4.79. The zero-order valence-corrected chi connectivity index (χ0v) is 8.83. The Morgan fingerprint density at radius 3 is 2.71 bits per heavy atom. The molecule has 0 saturated heterocycles. The molecule has 78 valence electrons. The predicted molar refractivity (Wildman–Crippen MR) is 57.5 cm³/mol. The Bertz CT molecular complexity index is 299. The van der Waals surface area contributed by atoms with Crippen molar-refractivity contribution in [3.63, 3.8) is 0 Å². The van der Waals surface area contributed by atoms with E-state index in [4.69, 9.17) is 11.1 Å². The van der Waals surface area contributed by atoms with Gasteiger partial charge in [-0.05, 0) is 18.4 Å². The van der Waals surface area contributed by atoms with Crippen molar-refractivity contribution in [1.29, 1.82) is 5.41 Å². The number of hydrogen-bond acceptors (Lipinski definition) is 2. The van der Waals surface area contributed by atoms with Gasteiger partial charge in [0.15, 0.2) is 0 Å². The molecule has 1 aromatic heterocycles. The van der Waals surface area contributed by atoms with Gasteiger partial charge in [0.05, 0.1) is 18.1 Å². The maximum Gasteiger partial charge on any atom is 0.0951 e. The van der Waals surface area contributed by atoms with Crippen LogP contribution in [0.3, 0.4) is 0 Å². The van der Waals surface area contributed by atoms with Crippen LogP contribution in [0.5, 0.6) is 0 Å². The van der Waals surface area contributed by atoms with Crippen LogP contribution in [0.4, 0.5) is 0 Å². The van der Waals surface area contributed by atoms with Gasteiger partial charge in [-0.25, -0.2) is 0 Å². The van der Waals surface area contributed by atoms with Gasteiger partial charge in [0, 0.05) is 12.6 Å². The zero-order valence-electron chi connectivity index (χ0n) is 8.83. The molecule has 1 heterocycles. The van der Waals surface area contributed by atoms with Gasteiger partial charge in [-0.15, -0.1) is 0 Å². The maximum atomic E-state index is 7.18. The van der Waals surface area contributed by atoms with E-state index in [1.165, 1.54) is 0 Å². The summed E-state index contributed by atoms with van der Waals surface area (Å²) in [6, 6.07) is 0.468. The third-order valence-electron chi connectivity index (χ3n) is 2.37. The maximum absolute atomic E-state index is 7.18. The molecule has 4 heteroatoms. The van der Waals surface area contributed by atoms with Crippen LogP contribution >= 0.6 is 0 Å². The van der Waals surface area contributed by atoms with E-state index in [9.17, 15) is 0 Å². The van der Waals surface area contributed by atoms with Gasteiger partial charge in [-0.3, -0.25) is 10.1 Å². The molecule has 14 heavy (non-hydrogen) atoms. The Labute approximate surface area is 84.6 Å². The summed E-state index contributed by atoms with van der Waals surface area (Å²) >= 11 is 0. The number of hydrogen-bond donors (Lipinski definition) is 2. The summed E-state index contributed by atoms with van der Waals surface area (Å²) in [5.74, 6) is 0.189. The minimum absolute atomic E-state index is 0.189. The van der Waals surface area contributed by atoms with Gasteiger partial charge in [0.25, 0.3) is 0 Å². The molecule has 0 spiro atoms. The second-order valence-corrected chi connectivity index (χ2v) is 3.50. The van der Waals surface area contributed by atoms with Crippen LogP contribution in [0.25, 0.3) is 0 Å². The van der Waals surface area contributed by atoms with E-state index in [0.29, 0.717) is 12.5 Å². The summed E-state index contributed by atoms with van der Waals surface area (Å²) in [5, 5.41) is 11.5. The standard InChI is InChI=1S/C10H18N4/c1-3-9(4-2)14-7-8(6-13-14)5-10(11)12/h6-7,9H,3-5H2,1-2H3,(H3,11,12). The molecule has 0 radical (unpaired) electrons. The Morgan fingerprint density at radius 2 is 2.21 bits per heavy atom. The molecule has 4 nitrogen and oxygen atoms in total. The number of nitrogens with zero attached hydrogens (tertiary/aromatic N) is 2. The highest BCUT2D eigenvalue weighted by Gasteiger charge is 2.07. The lowest BCUT2D eigenvalue weighted by molar-refractivity contribution is 0.428. The SMILES string of the molecule is CCC(CC)n1cc(CC(=N)N)cn1. The lowest BCUT2D eigenvalue weighted by Gasteiger charge is -2.12. The smallest absolute Gasteiger partial charge is 0.0951 e. The highest BCUT2D eigenvalue weighted by atomic mass is 15.3. The molecule has 0 aromatic carbocycles. The van der Waals surface area contributed by atoms with E-state index in [1.54, 1.807) is 6.20 Å². The average Bonchev–Trinajstić information content (AvgIpc) is 2.54. The first kappa shape index (κ1) is 10.8. The van der Waals surface area contributed by atoms with Crippen LogP contribution < -0.4 is 5.73 Å².